The number of methoxy groups -OCH3 is 2. The van der Waals surface area contributed by atoms with Gasteiger partial charge in [0.1, 0.15) is 12.4 Å². The smallest absolute Gasteiger partial charge is 0.271 e. The molecular weight excluding hydrogens is 618 g/mol. The third kappa shape index (κ3) is 5.81. The molecule has 0 aliphatic carbocycles. The lowest BCUT2D eigenvalue weighted by Crippen LogP contribution is -2.40. The first-order valence-corrected chi connectivity index (χ1v) is 14.6. The number of nitrogens with zero attached hydrogens (tertiary/aromatic N) is 2. The largest absolute Gasteiger partial charge is 0.497 e. The van der Waals surface area contributed by atoms with Gasteiger partial charge in [-0.15, -0.1) is 0 Å². The van der Waals surface area contributed by atoms with E-state index in [1.807, 2.05) is 60.7 Å². The molecule has 0 spiro atoms. The van der Waals surface area contributed by atoms with Gasteiger partial charge >= 0.3 is 0 Å². The van der Waals surface area contributed by atoms with Crippen molar-refractivity contribution in [1.82, 2.24) is 4.57 Å². The highest BCUT2D eigenvalue weighted by Crippen LogP contribution is 2.37. The third-order valence-electron chi connectivity index (χ3n) is 6.60. The average molecular weight is 647 g/mol. The summed E-state index contributed by atoms with van der Waals surface area (Å²) in [5.74, 6) is 1.32. The first kappa shape index (κ1) is 29.1. The summed E-state index contributed by atoms with van der Waals surface area (Å²) in [6.45, 7) is 5.79. The molecule has 1 aliphatic heterocycles. The quantitative estimate of drug-likeness (QED) is 0.252. The van der Waals surface area contributed by atoms with Gasteiger partial charge in [-0.1, -0.05) is 54.3 Å². The Balaban J connectivity index is 1.66. The van der Waals surface area contributed by atoms with Crippen molar-refractivity contribution in [3.05, 3.63) is 126 Å². The minimum Gasteiger partial charge on any atom is -0.497 e. The van der Waals surface area contributed by atoms with Crippen LogP contribution in [0.15, 0.2) is 105 Å². The lowest BCUT2D eigenvalue weighted by Gasteiger charge is -2.25. The molecular formula is C32H28BrN3O5S. The van der Waals surface area contributed by atoms with E-state index in [0.717, 1.165) is 11.1 Å². The molecule has 8 nitrogen and oxygen atoms in total. The number of ether oxygens (including phenoxy) is 3. The predicted octanol–water partition coefficient (Wildman–Crippen LogP) is 5.22. The summed E-state index contributed by atoms with van der Waals surface area (Å²) in [5.41, 5.74) is 2.72. The van der Waals surface area contributed by atoms with Gasteiger partial charge < -0.3 is 19.5 Å². The number of carbonyl (C=O) groups is 1. The second-order valence-electron chi connectivity index (χ2n) is 9.31. The molecule has 1 atom stereocenters. The van der Waals surface area contributed by atoms with Crippen LogP contribution in [0.5, 0.6) is 17.2 Å². The zero-order chi connectivity index (χ0) is 29.8. The topological polar surface area (TPSA) is 91.2 Å². The molecule has 1 aromatic heterocycles. The maximum atomic E-state index is 14.1. The van der Waals surface area contributed by atoms with Crippen LogP contribution in [-0.4, -0.2) is 31.3 Å². The number of hydrogen-bond acceptors (Lipinski definition) is 7. The summed E-state index contributed by atoms with van der Waals surface area (Å²) < 4.78 is 19.5. The van der Waals surface area contributed by atoms with Gasteiger partial charge in [0.15, 0.2) is 16.3 Å². The average Bonchev–Trinajstić information content (AvgIpc) is 3.29. The van der Waals surface area contributed by atoms with E-state index in [9.17, 15) is 9.59 Å². The zero-order valence-corrected chi connectivity index (χ0v) is 25.6. The van der Waals surface area contributed by atoms with Gasteiger partial charge in [0.05, 0.1) is 40.5 Å². The monoisotopic (exact) mass is 645 g/mol. The van der Waals surface area contributed by atoms with Crippen LogP contribution >= 0.6 is 27.3 Å². The van der Waals surface area contributed by atoms with Gasteiger partial charge in [-0.05, 0) is 76.5 Å². The molecule has 214 valence electrons. The Kier molecular flexibility index (Phi) is 8.75. The molecule has 0 saturated heterocycles. The lowest BCUT2D eigenvalue weighted by molar-refractivity contribution is -0.113. The number of hydrogen-bond donors (Lipinski definition) is 1. The van der Waals surface area contributed by atoms with E-state index >= 15 is 0 Å². The number of carbonyl (C=O) groups excluding carboxylic acids is 1. The van der Waals surface area contributed by atoms with E-state index < -0.39 is 6.04 Å². The number of aromatic nitrogens is 1. The van der Waals surface area contributed by atoms with Crippen LogP contribution < -0.4 is 34.4 Å². The number of rotatable bonds is 9. The summed E-state index contributed by atoms with van der Waals surface area (Å²) in [5, 5.41) is 2.96. The molecule has 1 N–H and O–H groups in total. The van der Waals surface area contributed by atoms with E-state index in [1.54, 1.807) is 43.9 Å². The number of benzene rings is 3. The highest BCUT2D eigenvalue weighted by atomic mass is 79.9. The molecule has 0 fully saturated rings. The van der Waals surface area contributed by atoms with E-state index in [-0.39, 0.29) is 11.5 Å². The summed E-state index contributed by atoms with van der Waals surface area (Å²) in [7, 11) is 3.13. The first-order valence-electron chi connectivity index (χ1n) is 13.0. The summed E-state index contributed by atoms with van der Waals surface area (Å²) in [6.07, 6.45) is 3.43. The lowest BCUT2D eigenvalue weighted by atomic mass is 9.95. The maximum absolute atomic E-state index is 14.1. The van der Waals surface area contributed by atoms with Crippen LogP contribution in [0.2, 0.25) is 0 Å². The molecule has 10 heteroatoms. The molecule has 3 aromatic carbocycles. The van der Waals surface area contributed by atoms with E-state index in [4.69, 9.17) is 19.2 Å². The minimum absolute atomic E-state index is 0.272. The number of fused-ring (bicyclic) bond motifs is 1. The Morgan fingerprint density at radius 1 is 1.12 bits per heavy atom. The second-order valence-corrected chi connectivity index (χ2v) is 11.2. The fraction of sp³-hybridized carbons (Fsp3) is 0.156. The molecule has 1 amide bonds. The van der Waals surface area contributed by atoms with Gasteiger partial charge in [0.2, 0.25) is 0 Å². The van der Waals surface area contributed by atoms with Gasteiger partial charge in [-0.25, -0.2) is 4.99 Å². The van der Waals surface area contributed by atoms with E-state index in [0.29, 0.717) is 54.6 Å². The molecule has 5 rings (SSSR count). The van der Waals surface area contributed by atoms with Gasteiger partial charge in [-0.3, -0.25) is 14.2 Å². The number of halogens is 1. The zero-order valence-electron chi connectivity index (χ0n) is 23.2. The Morgan fingerprint density at radius 3 is 2.62 bits per heavy atom. The Labute approximate surface area is 255 Å². The Morgan fingerprint density at radius 2 is 1.90 bits per heavy atom. The molecule has 42 heavy (non-hydrogen) atoms. The van der Waals surface area contributed by atoms with Gasteiger partial charge in [-0.2, -0.15) is 0 Å². The van der Waals surface area contributed by atoms with Crippen molar-refractivity contribution in [1.29, 1.82) is 0 Å². The van der Waals surface area contributed by atoms with Crippen molar-refractivity contribution in [2.75, 3.05) is 26.1 Å². The van der Waals surface area contributed by atoms with Gasteiger partial charge in [0, 0.05) is 5.69 Å². The maximum Gasteiger partial charge on any atom is 0.271 e. The van der Waals surface area contributed by atoms with Crippen LogP contribution in [0.25, 0.3) is 6.08 Å². The Bertz CT molecular complexity index is 1880. The van der Waals surface area contributed by atoms with E-state index in [1.165, 1.54) is 11.3 Å². The number of nitrogens with one attached hydrogen (secondary N) is 1. The minimum atomic E-state index is -0.724. The van der Waals surface area contributed by atoms with Crippen LogP contribution in [0.3, 0.4) is 0 Å². The van der Waals surface area contributed by atoms with Gasteiger partial charge in [0.25, 0.3) is 11.5 Å². The van der Waals surface area contributed by atoms with Crippen LogP contribution in [-0.2, 0) is 4.79 Å². The van der Waals surface area contributed by atoms with Crippen molar-refractivity contribution in [3.8, 4) is 17.2 Å². The highest BCUT2D eigenvalue weighted by molar-refractivity contribution is 9.10. The van der Waals surface area contributed by atoms with Crippen LogP contribution in [0, 0.1) is 0 Å². The normalized spacial score (nSPS) is 14.6. The number of amides is 1. The van der Waals surface area contributed by atoms with Crippen molar-refractivity contribution in [3.63, 3.8) is 0 Å². The standard InChI is InChI=1S/C32H28BrN3O5S/c1-5-14-41-29-24(33)15-20(16-25(29)40-4)17-26-31(38)36-28(21-10-9-13-23(18-21)39-3)27(19(2)34-32(36)42-26)30(37)35-22-11-7-6-8-12-22/h5-13,15-18,28H,1,14H2,2-4H3,(H,35,37)/b26-17-/t28-/m0/s1. The number of para-hydroxylation sites is 1. The molecule has 1 aliphatic rings. The highest BCUT2D eigenvalue weighted by Gasteiger charge is 2.32. The number of thiazole rings is 1. The predicted molar refractivity (Wildman–Crippen MR) is 168 cm³/mol. The fourth-order valence-electron chi connectivity index (χ4n) is 4.72. The Hall–Kier alpha value is -4.41. The first-order chi connectivity index (χ1) is 20.3. The van der Waals surface area contributed by atoms with Crippen molar-refractivity contribution < 1.29 is 19.0 Å². The molecule has 0 bridgehead atoms. The van der Waals surface area contributed by atoms with E-state index in [2.05, 4.69) is 27.8 Å². The molecule has 4 aromatic rings. The molecule has 0 radical (unpaired) electrons. The van der Waals surface area contributed by atoms with Crippen LogP contribution in [0.1, 0.15) is 24.1 Å². The summed E-state index contributed by atoms with van der Waals surface area (Å²) in [4.78, 5) is 33.0. The van der Waals surface area contributed by atoms with Crippen molar-refractivity contribution in [2.24, 2.45) is 4.99 Å². The fourth-order valence-corrected chi connectivity index (χ4v) is 6.34. The van der Waals surface area contributed by atoms with Crippen molar-refractivity contribution >= 4 is 44.9 Å². The second kappa shape index (κ2) is 12.6. The molecule has 2 heterocycles. The van der Waals surface area contributed by atoms with Crippen LogP contribution in [0.4, 0.5) is 5.69 Å². The molecule has 0 unspecified atom stereocenters. The third-order valence-corrected chi connectivity index (χ3v) is 8.17. The number of anilines is 1. The number of allylic oxidation sites excluding steroid dienone is 1. The van der Waals surface area contributed by atoms with Crippen molar-refractivity contribution in [2.45, 2.75) is 13.0 Å². The summed E-state index contributed by atoms with van der Waals surface area (Å²) >= 11 is 4.80. The summed E-state index contributed by atoms with van der Waals surface area (Å²) in [6, 6.07) is 19.5. The SMILES string of the molecule is C=CCOc1c(Br)cc(/C=c2\sc3n(c2=O)[C@@H](c2cccc(OC)c2)C(C(=O)Nc2ccccc2)=C(C)N=3)cc1OC. The molecule has 0 saturated carbocycles.